The van der Waals surface area contributed by atoms with Gasteiger partial charge < -0.3 is 14.6 Å². The summed E-state index contributed by atoms with van der Waals surface area (Å²) in [7, 11) is 0. The number of likely N-dealkylation sites (tertiary alicyclic amines) is 1. The van der Waals surface area contributed by atoms with E-state index in [2.05, 4.69) is 52.1 Å². The van der Waals surface area contributed by atoms with E-state index in [1.807, 2.05) is 30.9 Å². The number of piperidine rings is 1. The molecular formula is C29H32N8O. The number of hydrogen-bond acceptors (Lipinski definition) is 7. The fourth-order valence-electron chi connectivity index (χ4n) is 5.77. The molecule has 9 heteroatoms. The van der Waals surface area contributed by atoms with Gasteiger partial charge in [-0.2, -0.15) is 5.10 Å². The van der Waals surface area contributed by atoms with Gasteiger partial charge in [-0.05, 0) is 63.4 Å². The number of fused-ring (bicyclic) bond motifs is 2. The summed E-state index contributed by atoms with van der Waals surface area (Å²) >= 11 is 0. The summed E-state index contributed by atoms with van der Waals surface area (Å²) in [5.74, 6) is 0.768. The Bertz CT molecular complexity index is 1560. The van der Waals surface area contributed by atoms with Crippen molar-refractivity contribution in [2.24, 2.45) is 0 Å². The van der Waals surface area contributed by atoms with E-state index in [0.717, 1.165) is 64.4 Å². The van der Waals surface area contributed by atoms with Crippen LogP contribution in [0.2, 0.25) is 0 Å². The molecule has 2 fully saturated rings. The van der Waals surface area contributed by atoms with E-state index in [-0.39, 0.29) is 0 Å². The topological polar surface area (TPSA) is 98.9 Å². The number of nitrogens with zero attached hydrogens (tertiary/aromatic N) is 6. The van der Waals surface area contributed by atoms with E-state index in [4.69, 9.17) is 4.74 Å². The number of anilines is 1. The quantitative estimate of drug-likeness (QED) is 0.318. The van der Waals surface area contributed by atoms with Crippen LogP contribution in [-0.4, -0.2) is 74.4 Å². The summed E-state index contributed by atoms with van der Waals surface area (Å²) in [6.45, 7) is 6.12. The molecule has 0 amide bonds. The number of rotatable bonds is 7. The van der Waals surface area contributed by atoms with Crippen LogP contribution < -0.4 is 9.64 Å². The van der Waals surface area contributed by atoms with Crippen LogP contribution in [0.25, 0.3) is 44.5 Å². The maximum Gasteiger partial charge on any atom is 0.138 e. The van der Waals surface area contributed by atoms with Crippen LogP contribution in [0.4, 0.5) is 5.69 Å². The van der Waals surface area contributed by atoms with Crippen molar-refractivity contribution in [3.05, 3.63) is 49.2 Å². The smallest absolute Gasteiger partial charge is 0.138 e. The third-order valence-corrected chi connectivity index (χ3v) is 7.81. The number of pyridine rings is 3. The molecule has 7 heterocycles. The SMILES string of the molecule is c1ncc(-c2cc3c(-c4cc5c(N6CCCCC6)cncc5[nH]4)n[nH]c3cn2)cc1OCCN1CCCC1. The summed E-state index contributed by atoms with van der Waals surface area (Å²) in [6.07, 6.45) is 15.7. The Morgan fingerprint density at radius 2 is 1.63 bits per heavy atom. The van der Waals surface area contributed by atoms with Crippen molar-refractivity contribution >= 4 is 27.5 Å². The van der Waals surface area contributed by atoms with Crippen molar-refractivity contribution in [1.82, 2.24) is 35.0 Å². The average Bonchev–Trinajstić information content (AvgIpc) is 3.73. The minimum atomic E-state index is 0.665. The molecule has 2 saturated heterocycles. The molecule has 2 aliphatic rings. The summed E-state index contributed by atoms with van der Waals surface area (Å²) in [6, 6.07) is 6.30. The third kappa shape index (κ3) is 4.47. The first-order valence-corrected chi connectivity index (χ1v) is 13.7. The van der Waals surface area contributed by atoms with Gasteiger partial charge in [0.15, 0.2) is 0 Å². The molecule has 0 saturated carbocycles. The lowest BCUT2D eigenvalue weighted by Crippen LogP contribution is -2.29. The zero-order valence-corrected chi connectivity index (χ0v) is 21.5. The number of aromatic amines is 2. The number of hydrogen-bond donors (Lipinski definition) is 2. The molecule has 0 bridgehead atoms. The molecule has 0 aromatic carbocycles. The molecule has 7 rings (SSSR count). The molecule has 2 N–H and O–H groups in total. The van der Waals surface area contributed by atoms with Gasteiger partial charge in [-0.25, -0.2) is 0 Å². The first kappa shape index (κ1) is 23.2. The predicted molar refractivity (Wildman–Crippen MR) is 149 cm³/mol. The van der Waals surface area contributed by atoms with Gasteiger partial charge in [0, 0.05) is 42.2 Å². The Morgan fingerprint density at radius 1 is 0.789 bits per heavy atom. The van der Waals surface area contributed by atoms with E-state index >= 15 is 0 Å². The predicted octanol–water partition coefficient (Wildman–Crippen LogP) is 5.03. The molecule has 2 aliphatic heterocycles. The van der Waals surface area contributed by atoms with Crippen molar-refractivity contribution in [2.45, 2.75) is 32.1 Å². The van der Waals surface area contributed by atoms with Crippen LogP contribution in [0.3, 0.4) is 0 Å². The Morgan fingerprint density at radius 3 is 2.53 bits per heavy atom. The molecule has 0 unspecified atom stereocenters. The van der Waals surface area contributed by atoms with Crippen LogP contribution in [-0.2, 0) is 0 Å². The molecule has 38 heavy (non-hydrogen) atoms. The average molecular weight is 509 g/mol. The first-order chi connectivity index (χ1) is 18.8. The van der Waals surface area contributed by atoms with Crippen LogP contribution in [0.5, 0.6) is 5.75 Å². The lowest BCUT2D eigenvalue weighted by atomic mass is 10.1. The van der Waals surface area contributed by atoms with Gasteiger partial charge in [-0.15, -0.1) is 0 Å². The highest BCUT2D eigenvalue weighted by Crippen LogP contribution is 2.34. The van der Waals surface area contributed by atoms with Gasteiger partial charge in [0.05, 0.1) is 52.9 Å². The minimum Gasteiger partial charge on any atom is -0.491 e. The Hall–Kier alpha value is -3.98. The minimum absolute atomic E-state index is 0.665. The molecule has 0 aliphatic carbocycles. The van der Waals surface area contributed by atoms with Gasteiger partial charge in [0.2, 0.25) is 0 Å². The van der Waals surface area contributed by atoms with Gasteiger partial charge >= 0.3 is 0 Å². The normalized spacial score (nSPS) is 16.6. The monoisotopic (exact) mass is 508 g/mol. The number of ether oxygens (including phenoxy) is 1. The highest BCUT2D eigenvalue weighted by Gasteiger charge is 2.18. The number of nitrogens with one attached hydrogen (secondary N) is 2. The van der Waals surface area contributed by atoms with Gasteiger partial charge in [0.25, 0.3) is 0 Å². The standard InChI is InChI=1S/C29H32N8O/c1-2-8-37(9-3-1)28-19-31-17-26-22(28)13-25(33-26)29-23-14-24(32-18-27(23)34-35-29)20-12-21(16-30-15-20)38-11-10-36-6-4-5-7-36/h12-19,33H,1-11H2,(H,34,35). The van der Waals surface area contributed by atoms with Crippen LogP contribution in [0.1, 0.15) is 32.1 Å². The van der Waals surface area contributed by atoms with E-state index in [0.29, 0.717) is 6.61 Å². The number of H-pyrrole nitrogens is 2. The zero-order chi connectivity index (χ0) is 25.3. The second kappa shape index (κ2) is 10.1. The summed E-state index contributed by atoms with van der Waals surface area (Å²) in [5, 5.41) is 10.0. The maximum atomic E-state index is 6.03. The van der Waals surface area contributed by atoms with Crippen molar-refractivity contribution in [3.8, 4) is 28.4 Å². The van der Waals surface area contributed by atoms with E-state index in [1.165, 1.54) is 56.3 Å². The van der Waals surface area contributed by atoms with Crippen molar-refractivity contribution < 1.29 is 4.74 Å². The van der Waals surface area contributed by atoms with Crippen LogP contribution >= 0.6 is 0 Å². The van der Waals surface area contributed by atoms with E-state index in [1.54, 1.807) is 6.20 Å². The lowest BCUT2D eigenvalue weighted by Gasteiger charge is -2.28. The Kier molecular flexibility index (Phi) is 6.13. The fraction of sp³-hybridized carbons (Fsp3) is 0.379. The fourth-order valence-corrected chi connectivity index (χ4v) is 5.77. The zero-order valence-electron chi connectivity index (χ0n) is 21.5. The Labute approximate surface area is 221 Å². The maximum absolute atomic E-state index is 6.03. The molecule has 9 nitrogen and oxygen atoms in total. The van der Waals surface area contributed by atoms with Gasteiger partial charge in [-0.1, -0.05) is 0 Å². The molecule has 0 spiro atoms. The molecule has 194 valence electrons. The first-order valence-electron chi connectivity index (χ1n) is 13.7. The van der Waals surface area contributed by atoms with E-state index < -0.39 is 0 Å². The van der Waals surface area contributed by atoms with Crippen molar-refractivity contribution in [3.63, 3.8) is 0 Å². The highest BCUT2D eigenvalue weighted by atomic mass is 16.5. The summed E-state index contributed by atoms with van der Waals surface area (Å²) in [4.78, 5) is 22.1. The summed E-state index contributed by atoms with van der Waals surface area (Å²) < 4.78 is 6.03. The summed E-state index contributed by atoms with van der Waals surface area (Å²) in [5.41, 5.74) is 6.70. The second-order valence-electron chi connectivity index (χ2n) is 10.3. The number of aromatic nitrogens is 6. The molecule has 0 radical (unpaired) electrons. The third-order valence-electron chi connectivity index (χ3n) is 7.81. The molecule has 0 atom stereocenters. The second-order valence-corrected chi connectivity index (χ2v) is 10.3. The van der Waals surface area contributed by atoms with Crippen LogP contribution in [0, 0.1) is 0 Å². The Balaban J connectivity index is 1.18. The van der Waals surface area contributed by atoms with Crippen molar-refractivity contribution in [2.75, 3.05) is 44.2 Å². The van der Waals surface area contributed by atoms with Crippen LogP contribution in [0.15, 0.2) is 49.2 Å². The van der Waals surface area contributed by atoms with Crippen molar-refractivity contribution in [1.29, 1.82) is 0 Å². The molecular weight excluding hydrogens is 476 g/mol. The molecule has 5 aromatic heterocycles. The largest absolute Gasteiger partial charge is 0.491 e. The van der Waals surface area contributed by atoms with E-state index in [9.17, 15) is 0 Å². The van der Waals surface area contributed by atoms with Gasteiger partial charge in [-0.3, -0.25) is 25.0 Å². The molecule has 5 aromatic rings. The van der Waals surface area contributed by atoms with Gasteiger partial charge in [0.1, 0.15) is 18.1 Å². The lowest BCUT2D eigenvalue weighted by molar-refractivity contribution is 0.237. The highest BCUT2D eigenvalue weighted by molar-refractivity contribution is 6.00.